The van der Waals surface area contributed by atoms with Crippen molar-refractivity contribution in [2.24, 2.45) is 10.7 Å². The molecule has 2 N–H and O–H groups in total. The van der Waals surface area contributed by atoms with Crippen LogP contribution in [0.4, 0.5) is 0 Å². The van der Waals surface area contributed by atoms with E-state index in [1.54, 1.807) is 21.3 Å². The normalized spacial score (nSPS) is 15.3. The van der Waals surface area contributed by atoms with Crippen LogP contribution in [0.5, 0.6) is 11.5 Å². The van der Waals surface area contributed by atoms with Crippen molar-refractivity contribution in [3.63, 3.8) is 0 Å². The van der Waals surface area contributed by atoms with Gasteiger partial charge in [-0.1, -0.05) is 0 Å². The van der Waals surface area contributed by atoms with E-state index < -0.39 is 0 Å². The van der Waals surface area contributed by atoms with Crippen molar-refractivity contribution in [2.45, 2.75) is 13.0 Å². The Balaban J connectivity index is 2.32. The summed E-state index contributed by atoms with van der Waals surface area (Å²) < 4.78 is 10.6. The lowest BCUT2D eigenvalue weighted by Gasteiger charge is -2.30. The highest BCUT2D eigenvalue weighted by Gasteiger charge is 2.20. The summed E-state index contributed by atoms with van der Waals surface area (Å²) in [5.74, 6) is 2.11. The summed E-state index contributed by atoms with van der Waals surface area (Å²) in [6.45, 7) is 1.64. The Kier molecular flexibility index (Phi) is 3.60. The molecule has 1 aliphatic rings. The van der Waals surface area contributed by atoms with Crippen molar-refractivity contribution in [3.8, 4) is 11.5 Å². The average molecular weight is 249 g/mol. The molecule has 0 fully saturated rings. The van der Waals surface area contributed by atoms with Gasteiger partial charge in [-0.2, -0.15) is 0 Å². The van der Waals surface area contributed by atoms with Crippen LogP contribution in [0.1, 0.15) is 11.1 Å². The lowest BCUT2D eigenvalue weighted by atomic mass is 9.99. The predicted octanol–water partition coefficient (Wildman–Crippen LogP) is 1.01. The number of aliphatic imine (C=N–C) groups is 1. The van der Waals surface area contributed by atoms with Gasteiger partial charge in [-0.05, 0) is 29.7 Å². The van der Waals surface area contributed by atoms with Crippen molar-refractivity contribution in [1.29, 1.82) is 0 Å². The van der Waals surface area contributed by atoms with Gasteiger partial charge in [0, 0.05) is 20.1 Å². The van der Waals surface area contributed by atoms with Gasteiger partial charge >= 0.3 is 0 Å². The maximum Gasteiger partial charge on any atom is 0.191 e. The molecule has 1 aromatic carbocycles. The third-order valence-electron chi connectivity index (χ3n) is 3.27. The number of hydrogen-bond acceptors (Lipinski definition) is 3. The molecular formula is C13H19N3O2. The lowest BCUT2D eigenvalue weighted by molar-refractivity contribution is 0.347. The molecule has 0 unspecified atom stereocenters. The summed E-state index contributed by atoms with van der Waals surface area (Å²) in [6, 6.07) is 4.06. The summed E-state index contributed by atoms with van der Waals surface area (Å²) in [5, 5.41) is 0. The molecule has 5 nitrogen and oxygen atoms in total. The van der Waals surface area contributed by atoms with Crippen molar-refractivity contribution < 1.29 is 9.47 Å². The largest absolute Gasteiger partial charge is 0.493 e. The van der Waals surface area contributed by atoms with Crippen molar-refractivity contribution in [2.75, 3.05) is 27.8 Å². The highest BCUT2D eigenvalue weighted by Crippen LogP contribution is 2.33. The molecule has 0 saturated carbocycles. The molecule has 5 heteroatoms. The lowest BCUT2D eigenvalue weighted by Crippen LogP contribution is -2.40. The summed E-state index contributed by atoms with van der Waals surface area (Å²) in [6.07, 6.45) is 0.936. The molecule has 18 heavy (non-hydrogen) atoms. The molecule has 0 spiro atoms. The van der Waals surface area contributed by atoms with Gasteiger partial charge in [0.2, 0.25) is 0 Å². The highest BCUT2D eigenvalue weighted by atomic mass is 16.5. The number of methoxy groups -OCH3 is 2. The first-order valence-electron chi connectivity index (χ1n) is 5.90. The van der Waals surface area contributed by atoms with Crippen LogP contribution in [-0.2, 0) is 13.0 Å². The van der Waals surface area contributed by atoms with E-state index >= 15 is 0 Å². The van der Waals surface area contributed by atoms with Gasteiger partial charge in [0.1, 0.15) is 0 Å². The van der Waals surface area contributed by atoms with E-state index in [1.807, 2.05) is 12.1 Å². The first kappa shape index (κ1) is 12.5. The zero-order chi connectivity index (χ0) is 13.1. The number of fused-ring (bicyclic) bond motifs is 1. The molecule has 1 aliphatic heterocycles. The van der Waals surface area contributed by atoms with E-state index in [-0.39, 0.29) is 0 Å². The first-order valence-corrected chi connectivity index (χ1v) is 5.90. The molecular weight excluding hydrogens is 230 g/mol. The topological polar surface area (TPSA) is 60.1 Å². The third-order valence-corrected chi connectivity index (χ3v) is 3.27. The van der Waals surface area contributed by atoms with Crippen LogP contribution in [0, 0.1) is 0 Å². The Hall–Kier alpha value is -1.91. The number of benzene rings is 1. The molecule has 0 atom stereocenters. The van der Waals surface area contributed by atoms with E-state index in [2.05, 4.69) is 9.89 Å². The van der Waals surface area contributed by atoms with Gasteiger partial charge in [0.15, 0.2) is 17.5 Å². The summed E-state index contributed by atoms with van der Waals surface area (Å²) in [7, 11) is 5.01. The van der Waals surface area contributed by atoms with Gasteiger partial charge in [-0.15, -0.1) is 0 Å². The molecule has 98 valence electrons. The molecule has 1 aromatic rings. The second-order valence-electron chi connectivity index (χ2n) is 4.23. The minimum absolute atomic E-state index is 0.579. The Morgan fingerprint density at radius 1 is 1.22 bits per heavy atom. The molecule has 0 bridgehead atoms. The van der Waals surface area contributed by atoms with Crippen LogP contribution in [-0.4, -0.2) is 38.7 Å². The Morgan fingerprint density at radius 2 is 1.83 bits per heavy atom. The maximum absolute atomic E-state index is 5.85. The molecule has 0 saturated heterocycles. The molecule has 0 amide bonds. The van der Waals surface area contributed by atoms with E-state index in [0.29, 0.717) is 5.96 Å². The zero-order valence-corrected chi connectivity index (χ0v) is 11.1. The third kappa shape index (κ3) is 2.20. The Morgan fingerprint density at radius 3 is 2.39 bits per heavy atom. The van der Waals surface area contributed by atoms with E-state index in [0.717, 1.165) is 31.0 Å². The minimum atomic E-state index is 0.579. The highest BCUT2D eigenvalue weighted by molar-refractivity contribution is 5.78. The number of nitrogens with two attached hydrogens (primary N) is 1. The summed E-state index contributed by atoms with van der Waals surface area (Å²) in [5.41, 5.74) is 8.35. The standard InChI is InChI=1S/C13H19N3O2/c1-15-13(14)16-5-4-9-6-11(17-2)12(18-3)7-10(9)8-16/h6-7H,4-5,8H2,1-3H3,(H2,14,15). The molecule has 0 radical (unpaired) electrons. The fraction of sp³-hybridized carbons (Fsp3) is 0.462. The molecule has 2 rings (SSSR count). The van der Waals surface area contributed by atoms with Gasteiger partial charge in [-0.25, -0.2) is 0 Å². The monoisotopic (exact) mass is 249 g/mol. The van der Waals surface area contributed by atoms with Crippen molar-refractivity contribution >= 4 is 5.96 Å². The number of ether oxygens (including phenoxy) is 2. The summed E-state index contributed by atoms with van der Waals surface area (Å²) >= 11 is 0. The average Bonchev–Trinajstić information content (AvgIpc) is 2.44. The SMILES string of the molecule is CN=C(N)N1CCc2cc(OC)c(OC)cc2C1. The second kappa shape index (κ2) is 5.16. The second-order valence-corrected chi connectivity index (χ2v) is 4.23. The number of nitrogens with zero attached hydrogens (tertiary/aromatic N) is 2. The Bertz CT molecular complexity index is 472. The van der Waals surface area contributed by atoms with E-state index in [4.69, 9.17) is 15.2 Å². The first-order chi connectivity index (χ1) is 8.69. The smallest absolute Gasteiger partial charge is 0.191 e. The molecule has 0 aliphatic carbocycles. The Labute approximate surface area is 107 Å². The number of hydrogen-bond donors (Lipinski definition) is 1. The van der Waals surface area contributed by atoms with Gasteiger partial charge in [0.05, 0.1) is 14.2 Å². The maximum atomic E-state index is 5.85. The number of rotatable bonds is 2. The van der Waals surface area contributed by atoms with Crippen LogP contribution in [0.25, 0.3) is 0 Å². The molecule has 0 aromatic heterocycles. The van der Waals surface area contributed by atoms with Gasteiger partial charge < -0.3 is 20.1 Å². The van der Waals surface area contributed by atoms with Crippen LogP contribution < -0.4 is 15.2 Å². The van der Waals surface area contributed by atoms with Crippen LogP contribution in [0.2, 0.25) is 0 Å². The minimum Gasteiger partial charge on any atom is -0.493 e. The number of guanidine groups is 1. The quantitative estimate of drug-likeness (QED) is 0.627. The fourth-order valence-corrected chi connectivity index (χ4v) is 2.22. The van der Waals surface area contributed by atoms with Crippen LogP contribution in [0.3, 0.4) is 0 Å². The van der Waals surface area contributed by atoms with E-state index in [9.17, 15) is 0 Å². The summed E-state index contributed by atoms with van der Waals surface area (Å²) in [4.78, 5) is 6.09. The predicted molar refractivity (Wildman–Crippen MR) is 71.2 cm³/mol. The van der Waals surface area contributed by atoms with Crippen molar-refractivity contribution in [1.82, 2.24) is 4.90 Å². The zero-order valence-electron chi connectivity index (χ0n) is 11.1. The van der Waals surface area contributed by atoms with Crippen molar-refractivity contribution in [3.05, 3.63) is 23.3 Å². The van der Waals surface area contributed by atoms with Gasteiger partial charge in [-0.3, -0.25) is 4.99 Å². The fourth-order valence-electron chi connectivity index (χ4n) is 2.22. The van der Waals surface area contributed by atoms with Gasteiger partial charge in [0.25, 0.3) is 0 Å². The van der Waals surface area contributed by atoms with E-state index in [1.165, 1.54) is 11.1 Å². The molecule has 1 heterocycles. The van der Waals surface area contributed by atoms with Crippen LogP contribution in [0.15, 0.2) is 17.1 Å². The van der Waals surface area contributed by atoms with Crippen LogP contribution >= 0.6 is 0 Å².